The molecule has 3 heteroatoms. The van der Waals surface area contributed by atoms with Crippen molar-refractivity contribution >= 4 is 44.4 Å². The number of aromatic nitrogens is 1. The van der Waals surface area contributed by atoms with Crippen LogP contribution in [0.2, 0.25) is 0 Å². The van der Waals surface area contributed by atoms with Gasteiger partial charge in [-0.3, -0.25) is 0 Å². The minimum atomic E-state index is -0.0133. The number of alkyl halides is 1. The summed E-state index contributed by atoms with van der Waals surface area (Å²) in [5, 5.41) is 13.9. The average Bonchev–Trinajstić information content (AvgIpc) is 3.05. The van der Waals surface area contributed by atoms with Gasteiger partial charge in [0.15, 0.2) is 0 Å². The highest BCUT2D eigenvalue weighted by Crippen LogP contribution is 2.41. The van der Waals surface area contributed by atoms with E-state index >= 15 is 0 Å². The molecule has 180 valence electrons. The smallest absolute Gasteiger partial charge is 0.143 e. The maximum absolute atomic E-state index is 11.4. The van der Waals surface area contributed by atoms with Crippen molar-refractivity contribution in [2.24, 2.45) is 0 Å². The van der Waals surface area contributed by atoms with Crippen molar-refractivity contribution in [1.29, 1.82) is 0 Å². The summed E-state index contributed by atoms with van der Waals surface area (Å²) in [4.78, 5) is 0. The van der Waals surface area contributed by atoms with Crippen LogP contribution in [-0.4, -0.2) is 9.67 Å². The molecule has 4 aromatic rings. The molecule has 0 bridgehead atoms. The number of phenolic OH excluding ortho intramolecular Hbond substituents is 1. The lowest BCUT2D eigenvalue weighted by Crippen LogP contribution is -2.13. The third-order valence-electron chi connectivity index (χ3n) is 6.92. The number of benzene rings is 3. The number of hydrogen-bond donors (Lipinski definition) is 1. The highest BCUT2D eigenvalue weighted by atomic mass is 127. The second-order valence-corrected chi connectivity index (χ2v) is 13.4. The molecule has 1 aromatic heterocycles. The van der Waals surface area contributed by atoms with Gasteiger partial charge in [0.2, 0.25) is 0 Å². The molecule has 0 radical (unpaired) electrons. The Morgan fingerprint density at radius 3 is 1.47 bits per heavy atom. The predicted octanol–water partition coefficient (Wildman–Crippen LogP) is 9.32. The molecule has 0 unspecified atom stereocenters. The van der Waals surface area contributed by atoms with Crippen molar-refractivity contribution in [3.05, 3.63) is 70.8 Å². The van der Waals surface area contributed by atoms with Gasteiger partial charge in [0.1, 0.15) is 5.75 Å². The molecular formula is C31H38INO. The molecule has 34 heavy (non-hydrogen) atoms. The second-order valence-electron chi connectivity index (χ2n) is 12.7. The molecule has 4 rings (SSSR count). The van der Waals surface area contributed by atoms with Crippen LogP contribution in [0.5, 0.6) is 5.75 Å². The van der Waals surface area contributed by atoms with E-state index in [0.29, 0.717) is 5.75 Å². The van der Waals surface area contributed by atoms with E-state index in [1.807, 2.05) is 0 Å². The van der Waals surface area contributed by atoms with E-state index in [4.69, 9.17) is 0 Å². The SMILES string of the molecule is CC(C)(C)c1cc(CI)c(O)c(-n2c3ccc(C(C)(C)C)cc3c3cc(C(C)(C)C)ccc32)c1. The maximum atomic E-state index is 11.4. The lowest BCUT2D eigenvalue weighted by atomic mass is 9.85. The standard InChI is InChI=1S/C31H38INO/c1-29(2,3)20-10-12-25-23(15-20)24-16-21(30(4,5)6)11-13-26(24)33(25)27-17-22(31(7,8)9)14-19(18-32)28(27)34/h10-17,34H,18H2,1-9H3. The Kier molecular flexibility index (Phi) is 6.12. The molecule has 0 saturated heterocycles. The first-order valence-electron chi connectivity index (χ1n) is 12.1. The largest absolute Gasteiger partial charge is 0.505 e. The molecule has 1 N–H and O–H groups in total. The molecule has 0 saturated carbocycles. The van der Waals surface area contributed by atoms with Gasteiger partial charge in [-0.15, -0.1) is 0 Å². The molecule has 3 aromatic carbocycles. The molecule has 2 nitrogen and oxygen atoms in total. The topological polar surface area (TPSA) is 25.2 Å². The van der Waals surface area contributed by atoms with Crippen LogP contribution in [-0.2, 0) is 20.7 Å². The van der Waals surface area contributed by atoms with Crippen LogP contribution in [0.1, 0.15) is 84.6 Å². The third kappa shape index (κ3) is 4.36. The first-order chi connectivity index (χ1) is 15.6. The Bertz CT molecular complexity index is 1320. The molecular weight excluding hydrogens is 529 g/mol. The Labute approximate surface area is 218 Å². The summed E-state index contributed by atoms with van der Waals surface area (Å²) in [6, 6.07) is 18.0. The van der Waals surface area contributed by atoms with Crippen LogP contribution in [0.25, 0.3) is 27.5 Å². The quantitative estimate of drug-likeness (QED) is 0.190. The molecule has 0 amide bonds. The van der Waals surface area contributed by atoms with E-state index in [1.54, 1.807) is 0 Å². The van der Waals surface area contributed by atoms with Gasteiger partial charge in [0.05, 0.1) is 16.7 Å². The number of fused-ring (bicyclic) bond motifs is 3. The number of aromatic hydroxyl groups is 1. The van der Waals surface area contributed by atoms with Crippen molar-refractivity contribution in [1.82, 2.24) is 4.57 Å². The lowest BCUT2D eigenvalue weighted by molar-refractivity contribution is 0.467. The number of phenols is 1. The summed E-state index contributed by atoms with van der Waals surface area (Å²) in [5.74, 6) is 0.376. The van der Waals surface area contributed by atoms with Gasteiger partial charge >= 0.3 is 0 Å². The van der Waals surface area contributed by atoms with Crippen LogP contribution in [0.3, 0.4) is 0 Å². The Balaban J connectivity index is 2.17. The summed E-state index contributed by atoms with van der Waals surface area (Å²) >= 11 is 2.35. The first kappa shape index (κ1) is 25.1. The van der Waals surface area contributed by atoms with E-state index in [9.17, 15) is 5.11 Å². The number of rotatable bonds is 2. The molecule has 0 aliphatic carbocycles. The fourth-order valence-corrected chi connectivity index (χ4v) is 5.18. The maximum Gasteiger partial charge on any atom is 0.143 e. The zero-order chi connectivity index (χ0) is 25.2. The zero-order valence-corrected chi connectivity index (χ0v) is 24.3. The highest BCUT2D eigenvalue weighted by molar-refractivity contribution is 14.1. The van der Waals surface area contributed by atoms with E-state index in [1.165, 1.54) is 27.5 Å². The molecule has 1 heterocycles. The molecule has 0 aliphatic rings. The van der Waals surface area contributed by atoms with Crippen molar-refractivity contribution in [3.63, 3.8) is 0 Å². The van der Waals surface area contributed by atoms with Crippen molar-refractivity contribution in [2.45, 2.75) is 83.0 Å². The molecule has 0 fully saturated rings. The number of nitrogens with zero attached hydrogens (tertiary/aromatic N) is 1. The Morgan fingerprint density at radius 2 is 1.09 bits per heavy atom. The van der Waals surface area contributed by atoms with Gasteiger partial charge in [0, 0.05) is 20.8 Å². The lowest BCUT2D eigenvalue weighted by Gasteiger charge is -2.23. The summed E-state index contributed by atoms with van der Waals surface area (Å²) in [5.41, 5.74) is 8.10. The molecule has 0 spiro atoms. The summed E-state index contributed by atoms with van der Waals surface area (Å²) in [7, 11) is 0. The monoisotopic (exact) mass is 567 g/mol. The number of halogens is 1. The summed E-state index contributed by atoms with van der Waals surface area (Å²) in [6.45, 7) is 20.3. The average molecular weight is 568 g/mol. The minimum Gasteiger partial charge on any atom is -0.505 e. The van der Waals surface area contributed by atoms with Crippen LogP contribution >= 0.6 is 22.6 Å². The first-order valence-corrected chi connectivity index (χ1v) is 13.7. The Hall–Kier alpha value is -2.01. The van der Waals surface area contributed by atoms with Gasteiger partial charge in [-0.05, 0) is 63.3 Å². The van der Waals surface area contributed by atoms with Crippen LogP contribution < -0.4 is 0 Å². The van der Waals surface area contributed by atoms with Crippen LogP contribution in [0.4, 0.5) is 0 Å². The van der Waals surface area contributed by atoms with Crippen molar-refractivity contribution in [2.75, 3.05) is 0 Å². The molecule has 0 atom stereocenters. The van der Waals surface area contributed by atoms with E-state index < -0.39 is 0 Å². The van der Waals surface area contributed by atoms with Gasteiger partial charge in [-0.1, -0.05) is 103 Å². The van der Waals surface area contributed by atoms with Gasteiger partial charge in [-0.25, -0.2) is 0 Å². The van der Waals surface area contributed by atoms with Gasteiger partial charge in [0.25, 0.3) is 0 Å². The second kappa shape index (κ2) is 8.29. The van der Waals surface area contributed by atoms with Crippen molar-refractivity contribution < 1.29 is 5.11 Å². The third-order valence-corrected chi connectivity index (χ3v) is 7.74. The Morgan fingerprint density at radius 1 is 0.647 bits per heavy atom. The highest BCUT2D eigenvalue weighted by Gasteiger charge is 2.24. The minimum absolute atomic E-state index is 0.0133. The number of hydrogen-bond acceptors (Lipinski definition) is 1. The molecule has 0 aliphatic heterocycles. The van der Waals surface area contributed by atoms with Crippen molar-refractivity contribution in [3.8, 4) is 11.4 Å². The normalized spacial score (nSPS) is 13.2. The van der Waals surface area contributed by atoms with E-state index in [-0.39, 0.29) is 16.2 Å². The fourth-order valence-electron chi connectivity index (χ4n) is 4.60. The van der Waals surface area contributed by atoms with Crippen LogP contribution in [0.15, 0.2) is 48.5 Å². The zero-order valence-electron chi connectivity index (χ0n) is 22.1. The summed E-state index contributed by atoms with van der Waals surface area (Å²) < 4.78 is 3.03. The summed E-state index contributed by atoms with van der Waals surface area (Å²) in [6.07, 6.45) is 0. The van der Waals surface area contributed by atoms with Crippen LogP contribution in [0, 0.1) is 0 Å². The van der Waals surface area contributed by atoms with E-state index in [0.717, 1.165) is 26.7 Å². The van der Waals surface area contributed by atoms with Gasteiger partial charge < -0.3 is 9.67 Å². The van der Waals surface area contributed by atoms with Gasteiger partial charge in [-0.2, -0.15) is 0 Å². The fraction of sp³-hybridized carbons (Fsp3) is 0.419. The predicted molar refractivity (Wildman–Crippen MR) is 156 cm³/mol. The van der Waals surface area contributed by atoms with E-state index in [2.05, 4.69) is 138 Å².